The third-order valence-corrected chi connectivity index (χ3v) is 7.00. The van der Waals surface area contributed by atoms with E-state index in [0.717, 1.165) is 19.3 Å². The number of amides is 2. The van der Waals surface area contributed by atoms with Crippen LogP contribution >= 0.6 is 0 Å². The molecule has 1 saturated heterocycles. The number of nitrogens with one attached hydrogen (secondary N) is 2. The van der Waals surface area contributed by atoms with Crippen molar-refractivity contribution in [3.8, 4) is 5.75 Å². The fraction of sp³-hybridized carbons (Fsp3) is 0.364. The first kappa shape index (κ1) is 23.7. The summed E-state index contributed by atoms with van der Waals surface area (Å²) in [6, 6.07) is 10.0. The van der Waals surface area contributed by atoms with Crippen molar-refractivity contribution in [3.05, 3.63) is 53.8 Å². The van der Waals surface area contributed by atoms with Crippen LogP contribution in [0.3, 0.4) is 0 Å². The molecule has 0 aromatic heterocycles. The van der Waals surface area contributed by atoms with Gasteiger partial charge in [-0.25, -0.2) is 12.8 Å². The highest BCUT2D eigenvalue weighted by Crippen LogP contribution is 2.31. The molecule has 1 fully saturated rings. The molecule has 3 rings (SSSR count). The van der Waals surface area contributed by atoms with Gasteiger partial charge in [0.1, 0.15) is 16.5 Å². The Morgan fingerprint density at radius 2 is 1.81 bits per heavy atom. The number of hydrogen-bond donors (Lipinski definition) is 2. The highest BCUT2D eigenvalue weighted by molar-refractivity contribution is 7.89. The first-order valence-corrected chi connectivity index (χ1v) is 11.7. The molecule has 1 heterocycles. The fourth-order valence-electron chi connectivity index (χ4n) is 3.48. The molecule has 2 N–H and O–H groups in total. The second kappa shape index (κ2) is 10.6. The van der Waals surface area contributed by atoms with E-state index in [1.807, 2.05) is 0 Å². The van der Waals surface area contributed by atoms with Gasteiger partial charge >= 0.3 is 0 Å². The number of carbonyl (C=O) groups excluding carboxylic acids is 2. The third kappa shape index (κ3) is 6.04. The highest BCUT2D eigenvalue weighted by Gasteiger charge is 2.29. The Bertz CT molecular complexity index is 1080. The monoisotopic (exact) mass is 463 g/mol. The number of hydrogen-bond acceptors (Lipinski definition) is 5. The van der Waals surface area contributed by atoms with Gasteiger partial charge in [-0.05, 0) is 48.7 Å². The Morgan fingerprint density at radius 3 is 2.50 bits per heavy atom. The molecule has 0 spiro atoms. The van der Waals surface area contributed by atoms with Crippen molar-refractivity contribution < 1.29 is 27.1 Å². The van der Waals surface area contributed by atoms with Crippen molar-refractivity contribution in [1.82, 2.24) is 9.62 Å². The number of methoxy groups -OCH3 is 1. The number of carbonyl (C=O) groups is 2. The Hall–Kier alpha value is -2.98. The van der Waals surface area contributed by atoms with E-state index in [-0.39, 0.29) is 29.3 Å². The maximum absolute atomic E-state index is 13.2. The van der Waals surface area contributed by atoms with Gasteiger partial charge in [0, 0.05) is 18.8 Å². The summed E-state index contributed by atoms with van der Waals surface area (Å²) < 4.78 is 46.0. The predicted molar refractivity (Wildman–Crippen MR) is 117 cm³/mol. The summed E-state index contributed by atoms with van der Waals surface area (Å²) in [7, 11) is -2.38. The number of sulfonamides is 1. The minimum Gasteiger partial charge on any atom is -0.495 e. The molecule has 2 aromatic carbocycles. The normalized spacial score (nSPS) is 14.6. The van der Waals surface area contributed by atoms with E-state index >= 15 is 0 Å². The lowest BCUT2D eigenvalue weighted by molar-refractivity contribution is -0.123. The summed E-state index contributed by atoms with van der Waals surface area (Å²) in [5, 5.41) is 5.05. The molecule has 0 saturated carbocycles. The van der Waals surface area contributed by atoms with Crippen molar-refractivity contribution in [2.75, 3.05) is 32.1 Å². The molecule has 172 valence electrons. The number of anilines is 1. The molecule has 1 aliphatic heterocycles. The van der Waals surface area contributed by atoms with Gasteiger partial charge < -0.3 is 15.4 Å². The van der Waals surface area contributed by atoms with Crippen molar-refractivity contribution >= 4 is 27.5 Å². The zero-order chi connectivity index (χ0) is 23.1. The summed E-state index contributed by atoms with van der Waals surface area (Å²) in [6.45, 7) is 0.577. The third-order valence-electron chi connectivity index (χ3n) is 5.08. The van der Waals surface area contributed by atoms with E-state index in [4.69, 9.17) is 4.74 Å². The van der Waals surface area contributed by atoms with Gasteiger partial charge in [-0.15, -0.1) is 0 Å². The smallest absolute Gasteiger partial charge is 0.246 e. The van der Waals surface area contributed by atoms with Crippen LogP contribution in [0.25, 0.3) is 0 Å². The van der Waals surface area contributed by atoms with Crippen LogP contribution in [-0.2, 0) is 26.0 Å². The Balaban J connectivity index is 1.63. The van der Waals surface area contributed by atoms with Gasteiger partial charge in [0.2, 0.25) is 21.8 Å². The molecule has 0 aliphatic carbocycles. The zero-order valence-corrected chi connectivity index (χ0v) is 18.6. The van der Waals surface area contributed by atoms with Crippen LogP contribution in [0.1, 0.15) is 24.8 Å². The van der Waals surface area contributed by atoms with Crippen molar-refractivity contribution in [2.45, 2.75) is 30.6 Å². The number of piperidine rings is 1. The van der Waals surface area contributed by atoms with Gasteiger partial charge in [-0.1, -0.05) is 18.6 Å². The quantitative estimate of drug-likeness (QED) is 0.625. The lowest BCUT2D eigenvalue weighted by atomic mass is 10.1. The van der Waals surface area contributed by atoms with E-state index < -0.39 is 27.7 Å². The lowest BCUT2D eigenvalue weighted by Crippen LogP contribution is -2.36. The molecule has 0 unspecified atom stereocenters. The van der Waals surface area contributed by atoms with Gasteiger partial charge in [-0.2, -0.15) is 4.31 Å². The van der Waals surface area contributed by atoms with Crippen LogP contribution in [0, 0.1) is 5.82 Å². The summed E-state index contributed by atoms with van der Waals surface area (Å²) in [5.74, 6) is -1.21. The molecule has 1 aliphatic rings. The van der Waals surface area contributed by atoms with Crippen LogP contribution in [0.15, 0.2) is 47.4 Å². The Morgan fingerprint density at radius 1 is 1.06 bits per heavy atom. The van der Waals surface area contributed by atoms with Crippen LogP contribution < -0.4 is 15.4 Å². The highest BCUT2D eigenvalue weighted by atomic mass is 32.2. The van der Waals surface area contributed by atoms with Crippen molar-refractivity contribution in [1.29, 1.82) is 0 Å². The van der Waals surface area contributed by atoms with Crippen LogP contribution in [-0.4, -0.2) is 51.3 Å². The molecule has 0 radical (unpaired) electrons. The van der Waals surface area contributed by atoms with E-state index in [2.05, 4.69) is 10.6 Å². The van der Waals surface area contributed by atoms with E-state index in [0.29, 0.717) is 18.7 Å². The number of nitrogens with zero attached hydrogens (tertiary/aromatic N) is 1. The van der Waals surface area contributed by atoms with E-state index in [1.54, 1.807) is 6.07 Å². The second-order valence-electron chi connectivity index (χ2n) is 7.46. The van der Waals surface area contributed by atoms with Crippen LogP contribution in [0.4, 0.5) is 10.1 Å². The maximum Gasteiger partial charge on any atom is 0.246 e. The molecule has 0 bridgehead atoms. The zero-order valence-electron chi connectivity index (χ0n) is 17.8. The van der Waals surface area contributed by atoms with E-state index in [9.17, 15) is 22.4 Å². The minimum absolute atomic E-state index is 0.0187. The minimum atomic E-state index is -3.77. The van der Waals surface area contributed by atoms with Crippen LogP contribution in [0.5, 0.6) is 5.75 Å². The summed E-state index contributed by atoms with van der Waals surface area (Å²) in [6.07, 6.45) is 2.52. The summed E-state index contributed by atoms with van der Waals surface area (Å²) in [5.41, 5.74) is 0.761. The molecule has 32 heavy (non-hydrogen) atoms. The number of rotatable bonds is 8. The average Bonchev–Trinajstić information content (AvgIpc) is 2.78. The predicted octanol–water partition coefficient (Wildman–Crippen LogP) is 2.31. The first-order valence-electron chi connectivity index (χ1n) is 10.3. The Labute approximate surface area is 186 Å². The molecule has 2 amide bonds. The molecule has 8 nitrogen and oxygen atoms in total. The molecule has 2 aromatic rings. The Kier molecular flexibility index (Phi) is 7.81. The molecular weight excluding hydrogens is 437 g/mol. The molecular formula is C22H26FN3O5S. The van der Waals surface area contributed by atoms with E-state index in [1.165, 1.54) is 47.8 Å². The topological polar surface area (TPSA) is 105 Å². The largest absolute Gasteiger partial charge is 0.495 e. The second-order valence-corrected chi connectivity index (χ2v) is 9.37. The summed E-state index contributed by atoms with van der Waals surface area (Å²) in [4.78, 5) is 24.3. The SMILES string of the molecule is COc1ccc(NC(=O)CNC(=O)Cc2cccc(F)c2)cc1S(=O)(=O)N1CCCCC1. The number of benzene rings is 2. The van der Waals surface area contributed by atoms with Crippen LogP contribution in [0.2, 0.25) is 0 Å². The number of ether oxygens (including phenoxy) is 1. The van der Waals surface area contributed by atoms with Gasteiger partial charge in [-0.3, -0.25) is 9.59 Å². The van der Waals surface area contributed by atoms with Gasteiger partial charge in [0.05, 0.1) is 20.1 Å². The standard InChI is InChI=1S/C22H26FN3O5S/c1-31-19-9-8-18(14-20(19)32(29,30)26-10-3-2-4-11-26)25-22(28)15-24-21(27)13-16-6-5-7-17(23)12-16/h5-9,12,14H,2-4,10-11,13,15H2,1H3,(H,24,27)(H,25,28). The van der Waals surface area contributed by atoms with Crippen molar-refractivity contribution in [3.63, 3.8) is 0 Å². The first-order chi connectivity index (χ1) is 15.3. The van der Waals surface area contributed by atoms with Gasteiger partial charge in [0.25, 0.3) is 0 Å². The molecule has 0 atom stereocenters. The van der Waals surface area contributed by atoms with Gasteiger partial charge in [0.15, 0.2) is 0 Å². The van der Waals surface area contributed by atoms with Crippen molar-refractivity contribution in [2.24, 2.45) is 0 Å². The maximum atomic E-state index is 13.2. The summed E-state index contributed by atoms with van der Waals surface area (Å²) >= 11 is 0. The molecule has 10 heteroatoms. The lowest BCUT2D eigenvalue weighted by Gasteiger charge is -2.26. The fourth-order valence-corrected chi connectivity index (χ4v) is 5.18. The average molecular weight is 464 g/mol. The number of halogens is 1.